The molecule has 4 N–H and O–H groups in total. The van der Waals surface area contributed by atoms with Crippen LogP contribution in [0.4, 0.5) is 0 Å². The van der Waals surface area contributed by atoms with E-state index in [9.17, 15) is 19.2 Å². The Morgan fingerprint density at radius 2 is 1.00 bits per heavy atom. The van der Waals surface area contributed by atoms with Crippen molar-refractivity contribution in [3.05, 3.63) is 0 Å². The Morgan fingerprint density at radius 3 is 1.23 bits per heavy atom. The van der Waals surface area contributed by atoms with Crippen molar-refractivity contribution in [2.75, 3.05) is 0 Å². The van der Waals surface area contributed by atoms with Crippen LogP contribution >= 0.6 is 0 Å². The van der Waals surface area contributed by atoms with Crippen molar-refractivity contribution in [2.24, 2.45) is 23.3 Å². The fraction of sp³-hybridized carbons (Fsp3) is 0.714. The number of carbonyl (C=O) groups is 4. The monoisotopic (exact) mass is 316 g/mol. The molecule has 0 heterocycles. The summed E-state index contributed by atoms with van der Waals surface area (Å²) in [5.41, 5.74) is 11.0. The Bertz CT molecular complexity index is 393. The van der Waals surface area contributed by atoms with E-state index in [0.29, 0.717) is 0 Å². The van der Waals surface area contributed by atoms with Gasteiger partial charge in [-0.1, -0.05) is 27.7 Å². The zero-order chi connectivity index (χ0) is 17.4. The normalized spacial score (nSPS) is 13.6. The Morgan fingerprint density at radius 1 is 0.727 bits per heavy atom. The SMILES string of the molecule is CC(C)C(N)C(=O)OC(=O)CCC(=O)OC(=O)C(N)C(C)C. The van der Waals surface area contributed by atoms with E-state index in [-0.39, 0.29) is 24.7 Å². The molecule has 0 spiro atoms. The molecule has 0 saturated carbocycles. The molecule has 2 unspecified atom stereocenters. The van der Waals surface area contributed by atoms with Crippen LogP contribution in [0.1, 0.15) is 40.5 Å². The number of esters is 4. The van der Waals surface area contributed by atoms with E-state index in [2.05, 4.69) is 9.47 Å². The highest BCUT2D eigenvalue weighted by Crippen LogP contribution is 2.05. The van der Waals surface area contributed by atoms with Crippen molar-refractivity contribution in [3.63, 3.8) is 0 Å². The minimum Gasteiger partial charge on any atom is -0.392 e. The van der Waals surface area contributed by atoms with Gasteiger partial charge in [-0.05, 0) is 11.8 Å². The predicted molar refractivity (Wildman–Crippen MR) is 77.1 cm³/mol. The lowest BCUT2D eigenvalue weighted by atomic mass is 10.1. The number of ether oxygens (including phenoxy) is 2. The van der Waals surface area contributed by atoms with E-state index in [1.54, 1.807) is 27.7 Å². The second-order valence-electron chi connectivity index (χ2n) is 5.63. The lowest BCUT2D eigenvalue weighted by molar-refractivity contribution is -0.166. The van der Waals surface area contributed by atoms with Crippen molar-refractivity contribution in [1.29, 1.82) is 0 Å². The molecule has 0 amide bonds. The molecular formula is C14H24N2O6. The molecule has 0 aromatic carbocycles. The van der Waals surface area contributed by atoms with Crippen LogP contribution in [-0.4, -0.2) is 36.0 Å². The van der Waals surface area contributed by atoms with Crippen molar-refractivity contribution >= 4 is 23.9 Å². The predicted octanol–water partition coefficient (Wildman–Crippen LogP) is -0.127. The van der Waals surface area contributed by atoms with E-state index >= 15 is 0 Å². The topological polar surface area (TPSA) is 139 Å². The van der Waals surface area contributed by atoms with Crippen LogP contribution in [0.2, 0.25) is 0 Å². The van der Waals surface area contributed by atoms with Gasteiger partial charge >= 0.3 is 23.9 Å². The van der Waals surface area contributed by atoms with Crippen LogP contribution in [0, 0.1) is 11.8 Å². The third-order valence-electron chi connectivity index (χ3n) is 2.94. The zero-order valence-electron chi connectivity index (χ0n) is 13.3. The second-order valence-corrected chi connectivity index (χ2v) is 5.63. The van der Waals surface area contributed by atoms with Crippen molar-refractivity contribution in [1.82, 2.24) is 0 Å². The van der Waals surface area contributed by atoms with Gasteiger partial charge in [-0.15, -0.1) is 0 Å². The number of hydrogen-bond donors (Lipinski definition) is 2. The summed E-state index contributed by atoms with van der Waals surface area (Å²) in [6, 6.07) is -1.83. The highest BCUT2D eigenvalue weighted by atomic mass is 16.6. The summed E-state index contributed by atoms with van der Waals surface area (Å²) < 4.78 is 8.99. The number of hydrogen-bond acceptors (Lipinski definition) is 8. The molecule has 8 heteroatoms. The van der Waals surface area contributed by atoms with Gasteiger partial charge in [0.05, 0.1) is 12.8 Å². The second kappa shape index (κ2) is 9.26. The summed E-state index contributed by atoms with van der Waals surface area (Å²) in [5.74, 6) is -3.88. The van der Waals surface area contributed by atoms with Gasteiger partial charge in [0.2, 0.25) is 0 Å². The third-order valence-corrected chi connectivity index (χ3v) is 2.94. The molecule has 0 aliphatic carbocycles. The molecule has 8 nitrogen and oxygen atoms in total. The van der Waals surface area contributed by atoms with Gasteiger partial charge in [0.25, 0.3) is 0 Å². The minimum atomic E-state index is -0.915. The summed E-state index contributed by atoms with van der Waals surface area (Å²) >= 11 is 0. The van der Waals surface area contributed by atoms with Crippen LogP contribution in [0.15, 0.2) is 0 Å². The molecule has 22 heavy (non-hydrogen) atoms. The van der Waals surface area contributed by atoms with E-state index < -0.39 is 36.0 Å². The number of nitrogens with two attached hydrogens (primary N) is 2. The largest absolute Gasteiger partial charge is 0.392 e. The summed E-state index contributed by atoms with van der Waals surface area (Å²) in [5, 5.41) is 0. The third kappa shape index (κ3) is 7.28. The van der Waals surface area contributed by atoms with Crippen molar-refractivity contribution in [3.8, 4) is 0 Å². The number of rotatable bonds is 7. The van der Waals surface area contributed by atoms with E-state index in [1.165, 1.54) is 0 Å². The van der Waals surface area contributed by atoms with Crippen molar-refractivity contribution < 1.29 is 28.7 Å². The average Bonchev–Trinajstić information content (AvgIpc) is 2.42. The molecule has 0 radical (unpaired) electrons. The van der Waals surface area contributed by atoms with E-state index in [0.717, 1.165) is 0 Å². The minimum absolute atomic E-state index is 0.180. The maximum Gasteiger partial charge on any atom is 0.330 e. The summed E-state index contributed by atoms with van der Waals surface area (Å²) in [4.78, 5) is 45.6. The summed E-state index contributed by atoms with van der Waals surface area (Å²) in [7, 11) is 0. The average molecular weight is 316 g/mol. The maximum absolute atomic E-state index is 11.4. The standard InChI is InChI=1S/C14H24N2O6/c1-7(2)11(15)13(19)21-9(17)5-6-10(18)22-14(20)12(16)8(3)4/h7-8,11-12H,5-6,15-16H2,1-4H3. The summed E-state index contributed by atoms with van der Waals surface area (Å²) in [6.45, 7) is 6.82. The van der Waals surface area contributed by atoms with Gasteiger partial charge in [0.1, 0.15) is 12.1 Å². The number of carbonyl (C=O) groups excluding carboxylic acids is 4. The summed E-state index contributed by atoms with van der Waals surface area (Å²) in [6.07, 6.45) is -0.779. The fourth-order valence-electron chi connectivity index (χ4n) is 1.21. The molecule has 0 rings (SSSR count). The Balaban J connectivity index is 4.18. The zero-order valence-corrected chi connectivity index (χ0v) is 13.3. The smallest absolute Gasteiger partial charge is 0.330 e. The van der Waals surface area contributed by atoms with Gasteiger partial charge in [-0.25, -0.2) is 9.59 Å². The van der Waals surface area contributed by atoms with Gasteiger partial charge in [0, 0.05) is 0 Å². The fourth-order valence-corrected chi connectivity index (χ4v) is 1.21. The Hall–Kier alpha value is -1.80. The van der Waals surface area contributed by atoms with Crippen LogP contribution in [-0.2, 0) is 28.7 Å². The molecule has 0 fully saturated rings. The van der Waals surface area contributed by atoms with Gasteiger partial charge < -0.3 is 20.9 Å². The van der Waals surface area contributed by atoms with Gasteiger partial charge in [0.15, 0.2) is 0 Å². The molecule has 0 aliphatic heterocycles. The first-order valence-corrected chi connectivity index (χ1v) is 7.06. The van der Waals surface area contributed by atoms with Gasteiger partial charge in [-0.3, -0.25) is 9.59 Å². The van der Waals surface area contributed by atoms with Crippen LogP contribution in [0.5, 0.6) is 0 Å². The first-order valence-electron chi connectivity index (χ1n) is 7.06. The molecule has 0 aromatic rings. The molecule has 0 aromatic heterocycles. The van der Waals surface area contributed by atoms with E-state index in [1.807, 2.05) is 0 Å². The van der Waals surface area contributed by atoms with E-state index in [4.69, 9.17) is 11.5 Å². The first kappa shape index (κ1) is 20.2. The van der Waals surface area contributed by atoms with Crippen LogP contribution < -0.4 is 11.5 Å². The lowest BCUT2D eigenvalue weighted by Crippen LogP contribution is -2.38. The molecule has 0 saturated heterocycles. The van der Waals surface area contributed by atoms with Crippen LogP contribution in [0.3, 0.4) is 0 Å². The Labute approximate surface area is 129 Å². The highest BCUT2D eigenvalue weighted by Gasteiger charge is 2.24. The molecule has 2 atom stereocenters. The molecule has 0 bridgehead atoms. The maximum atomic E-state index is 11.4. The first-order chi connectivity index (χ1) is 10.1. The van der Waals surface area contributed by atoms with Gasteiger partial charge in [-0.2, -0.15) is 0 Å². The Kier molecular flexibility index (Phi) is 8.51. The lowest BCUT2D eigenvalue weighted by Gasteiger charge is -2.14. The molecule has 126 valence electrons. The van der Waals surface area contributed by atoms with Crippen LogP contribution in [0.25, 0.3) is 0 Å². The quantitative estimate of drug-likeness (QED) is 0.489. The van der Waals surface area contributed by atoms with Crippen molar-refractivity contribution in [2.45, 2.75) is 52.6 Å². The molecule has 0 aliphatic rings. The molecular weight excluding hydrogens is 292 g/mol. The highest BCUT2D eigenvalue weighted by molar-refractivity contribution is 5.92.